The van der Waals surface area contributed by atoms with E-state index in [4.69, 9.17) is 0 Å². The van der Waals surface area contributed by atoms with E-state index in [0.717, 1.165) is 19.3 Å². The van der Waals surface area contributed by atoms with Crippen LogP contribution in [-0.2, 0) is 0 Å². The fraction of sp³-hybridized carbons (Fsp3) is 0.385. The van der Waals surface area contributed by atoms with Crippen molar-refractivity contribution in [2.24, 2.45) is 0 Å². The molecule has 0 radical (unpaired) electrons. The smallest absolute Gasteiger partial charge is 0.273 e. The van der Waals surface area contributed by atoms with Gasteiger partial charge >= 0.3 is 0 Å². The van der Waals surface area contributed by atoms with Crippen molar-refractivity contribution in [3.8, 4) is 0 Å². The number of rotatable bonds is 1. The van der Waals surface area contributed by atoms with Crippen molar-refractivity contribution in [3.05, 3.63) is 42.2 Å². The average molecular weight is 214 g/mol. The third-order valence-corrected chi connectivity index (χ3v) is 3.43. The Labute approximate surface area is 94.8 Å². The van der Waals surface area contributed by atoms with Crippen LogP contribution in [0.4, 0.5) is 0 Å². The van der Waals surface area contributed by atoms with E-state index in [1.165, 1.54) is 0 Å². The summed E-state index contributed by atoms with van der Waals surface area (Å²) in [5.74, 6) is 0.0810. The molecule has 1 aromatic rings. The van der Waals surface area contributed by atoms with Crippen molar-refractivity contribution >= 4 is 5.91 Å². The van der Waals surface area contributed by atoms with E-state index in [0.29, 0.717) is 17.8 Å². The van der Waals surface area contributed by atoms with Gasteiger partial charge in [0.15, 0.2) is 0 Å². The van der Waals surface area contributed by atoms with Crippen LogP contribution in [0.15, 0.2) is 36.5 Å². The van der Waals surface area contributed by atoms with Gasteiger partial charge in [-0.25, -0.2) is 0 Å². The first-order valence-electron chi connectivity index (χ1n) is 5.76. The van der Waals surface area contributed by atoms with E-state index in [9.17, 15) is 4.79 Å². The van der Waals surface area contributed by atoms with Crippen LogP contribution in [0.3, 0.4) is 0 Å². The summed E-state index contributed by atoms with van der Waals surface area (Å²) in [6, 6.07) is 6.18. The van der Waals surface area contributed by atoms with Gasteiger partial charge in [0.2, 0.25) is 0 Å². The number of amides is 1. The Bertz CT molecular complexity index is 427. The Balaban J connectivity index is 1.89. The SMILES string of the molecule is O=C(c1ccccn1)N1C2C=CCC1CC2. The minimum atomic E-state index is 0.0810. The molecule has 3 nitrogen and oxygen atoms in total. The minimum absolute atomic E-state index is 0.0810. The maximum Gasteiger partial charge on any atom is 0.273 e. The Morgan fingerprint density at radius 3 is 3.06 bits per heavy atom. The lowest BCUT2D eigenvalue weighted by atomic mass is 10.1. The number of pyridine rings is 1. The molecule has 2 bridgehead atoms. The molecular weight excluding hydrogens is 200 g/mol. The van der Waals surface area contributed by atoms with Gasteiger partial charge in [-0.05, 0) is 31.4 Å². The number of fused-ring (bicyclic) bond motifs is 2. The molecule has 0 aliphatic carbocycles. The van der Waals surface area contributed by atoms with E-state index < -0.39 is 0 Å². The zero-order valence-corrected chi connectivity index (χ0v) is 9.04. The molecule has 0 N–H and O–H groups in total. The molecule has 16 heavy (non-hydrogen) atoms. The van der Waals surface area contributed by atoms with E-state index >= 15 is 0 Å². The van der Waals surface area contributed by atoms with Gasteiger partial charge in [0, 0.05) is 12.2 Å². The van der Waals surface area contributed by atoms with Crippen LogP contribution in [0.5, 0.6) is 0 Å². The molecule has 82 valence electrons. The molecule has 1 amide bonds. The monoisotopic (exact) mass is 214 g/mol. The van der Waals surface area contributed by atoms with Crippen molar-refractivity contribution in [3.63, 3.8) is 0 Å². The van der Waals surface area contributed by atoms with Crippen LogP contribution >= 0.6 is 0 Å². The topological polar surface area (TPSA) is 33.2 Å². The summed E-state index contributed by atoms with van der Waals surface area (Å²) in [6.07, 6.45) is 9.24. The summed E-state index contributed by atoms with van der Waals surface area (Å²) in [7, 11) is 0. The Kier molecular flexibility index (Phi) is 2.24. The maximum absolute atomic E-state index is 12.3. The second kappa shape index (κ2) is 3.74. The summed E-state index contributed by atoms with van der Waals surface area (Å²) in [6.45, 7) is 0. The fourth-order valence-electron chi connectivity index (χ4n) is 2.66. The lowest BCUT2D eigenvalue weighted by molar-refractivity contribution is 0.0683. The molecule has 0 spiro atoms. The van der Waals surface area contributed by atoms with Crippen molar-refractivity contribution in [1.29, 1.82) is 0 Å². The van der Waals surface area contributed by atoms with Gasteiger partial charge in [-0.1, -0.05) is 18.2 Å². The molecule has 3 heteroatoms. The molecular formula is C13H14N2O. The molecule has 3 rings (SSSR count). The summed E-state index contributed by atoms with van der Waals surface area (Å²) >= 11 is 0. The van der Waals surface area contributed by atoms with Crippen molar-refractivity contribution in [2.45, 2.75) is 31.3 Å². The van der Waals surface area contributed by atoms with Crippen LogP contribution in [0, 0.1) is 0 Å². The third kappa shape index (κ3) is 1.43. The average Bonchev–Trinajstić information content (AvgIpc) is 2.59. The lowest BCUT2D eigenvalue weighted by Crippen LogP contribution is -2.42. The molecule has 1 saturated heterocycles. The van der Waals surface area contributed by atoms with Gasteiger partial charge in [-0.2, -0.15) is 0 Å². The predicted molar refractivity (Wildman–Crippen MR) is 61.0 cm³/mol. The molecule has 1 aromatic heterocycles. The number of aromatic nitrogens is 1. The Morgan fingerprint density at radius 2 is 2.31 bits per heavy atom. The largest absolute Gasteiger partial charge is 0.328 e. The van der Waals surface area contributed by atoms with E-state index in [1.807, 2.05) is 17.0 Å². The highest BCUT2D eigenvalue weighted by Crippen LogP contribution is 2.32. The van der Waals surface area contributed by atoms with Gasteiger partial charge in [0.25, 0.3) is 5.91 Å². The first-order valence-corrected chi connectivity index (χ1v) is 5.76. The number of carbonyl (C=O) groups excluding carboxylic acids is 1. The zero-order valence-electron chi connectivity index (χ0n) is 9.04. The van der Waals surface area contributed by atoms with Crippen LogP contribution in [0.1, 0.15) is 29.8 Å². The summed E-state index contributed by atoms with van der Waals surface area (Å²) in [5, 5.41) is 0. The van der Waals surface area contributed by atoms with E-state index in [1.54, 1.807) is 12.3 Å². The summed E-state index contributed by atoms with van der Waals surface area (Å²) in [4.78, 5) is 18.4. The molecule has 0 aromatic carbocycles. The van der Waals surface area contributed by atoms with Crippen LogP contribution in [0.25, 0.3) is 0 Å². The number of hydrogen-bond acceptors (Lipinski definition) is 2. The molecule has 2 unspecified atom stereocenters. The van der Waals surface area contributed by atoms with Gasteiger partial charge in [0.1, 0.15) is 5.69 Å². The van der Waals surface area contributed by atoms with Crippen molar-refractivity contribution in [1.82, 2.24) is 9.88 Å². The normalized spacial score (nSPS) is 27.1. The van der Waals surface area contributed by atoms with E-state index in [2.05, 4.69) is 17.1 Å². The maximum atomic E-state index is 12.3. The second-order valence-corrected chi connectivity index (χ2v) is 4.39. The summed E-state index contributed by atoms with van der Waals surface area (Å²) < 4.78 is 0. The lowest BCUT2D eigenvalue weighted by Gasteiger charge is -2.31. The van der Waals surface area contributed by atoms with Gasteiger partial charge in [0.05, 0.1) is 6.04 Å². The number of hydrogen-bond donors (Lipinski definition) is 0. The highest BCUT2D eigenvalue weighted by atomic mass is 16.2. The van der Waals surface area contributed by atoms with Crippen LogP contribution < -0.4 is 0 Å². The van der Waals surface area contributed by atoms with Crippen LogP contribution in [-0.4, -0.2) is 27.9 Å². The first kappa shape index (κ1) is 9.58. The minimum Gasteiger partial charge on any atom is -0.328 e. The molecule has 1 fully saturated rings. The van der Waals surface area contributed by atoms with Crippen molar-refractivity contribution in [2.75, 3.05) is 0 Å². The standard InChI is InChI=1S/C13H14N2O/c16-13(12-6-1-2-9-14-12)15-10-4-3-5-11(15)8-7-10/h1-4,6,9-11H,5,7-8H2. The molecule has 2 aliphatic rings. The molecule has 2 atom stereocenters. The molecule has 0 saturated carbocycles. The zero-order chi connectivity index (χ0) is 11.0. The highest BCUT2D eigenvalue weighted by molar-refractivity contribution is 5.93. The molecule has 3 heterocycles. The fourth-order valence-corrected chi connectivity index (χ4v) is 2.66. The van der Waals surface area contributed by atoms with Gasteiger partial charge in [-0.15, -0.1) is 0 Å². The van der Waals surface area contributed by atoms with Gasteiger partial charge in [-0.3, -0.25) is 9.78 Å². The van der Waals surface area contributed by atoms with Crippen molar-refractivity contribution < 1.29 is 4.79 Å². The quantitative estimate of drug-likeness (QED) is 0.670. The van der Waals surface area contributed by atoms with Crippen LogP contribution in [0.2, 0.25) is 0 Å². The Morgan fingerprint density at radius 1 is 1.38 bits per heavy atom. The highest BCUT2D eigenvalue weighted by Gasteiger charge is 2.37. The first-order chi connectivity index (χ1) is 7.86. The summed E-state index contributed by atoms with van der Waals surface area (Å²) in [5.41, 5.74) is 0.565. The van der Waals surface area contributed by atoms with E-state index in [-0.39, 0.29) is 5.91 Å². The molecule has 2 aliphatic heterocycles. The predicted octanol–water partition coefficient (Wildman–Crippen LogP) is 2.01. The Hall–Kier alpha value is -1.64. The third-order valence-electron chi connectivity index (χ3n) is 3.43. The van der Waals surface area contributed by atoms with Gasteiger partial charge < -0.3 is 4.90 Å². The number of nitrogens with zero attached hydrogens (tertiary/aromatic N) is 2. The number of carbonyl (C=O) groups is 1. The second-order valence-electron chi connectivity index (χ2n) is 4.39.